The molecule has 0 fully saturated rings. The maximum Gasteiger partial charge on any atom is 0.180 e. The molecule has 0 radical (unpaired) electrons. The van der Waals surface area contributed by atoms with Crippen molar-refractivity contribution in [2.45, 2.75) is 19.4 Å². The summed E-state index contributed by atoms with van der Waals surface area (Å²) in [6, 6.07) is 0.198. The van der Waals surface area contributed by atoms with Crippen molar-refractivity contribution in [2.24, 2.45) is 0 Å². The van der Waals surface area contributed by atoms with Crippen LogP contribution in [0.25, 0.3) is 5.65 Å². The quantitative estimate of drug-likeness (QED) is 0.836. The highest BCUT2D eigenvalue weighted by molar-refractivity contribution is 7.84. The number of nitrogens with one attached hydrogen (secondary N) is 2. The van der Waals surface area contributed by atoms with E-state index in [4.69, 9.17) is 0 Å². The van der Waals surface area contributed by atoms with Gasteiger partial charge in [0, 0.05) is 48.3 Å². The Kier molecular flexibility index (Phi) is 4.36. The number of nitrogens with zero attached hydrogens (tertiary/aromatic N) is 3. The Morgan fingerprint density at radius 2 is 2.32 bits per heavy atom. The third-order valence-electron chi connectivity index (χ3n) is 2.85. The topological polar surface area (TPSA) is 71.3 Å². The van der Waals surface area contributed by atoms with E-state index >= 15 is 0 Å². The first-order valence-electron chi connectivity index (χ1n) is 6.18. The van der Waals surface area contributed by atoms with E-state index in [-0.39, 0.29) is 6.04 Å². The average molecular weight is 281 g/mol. The van der Waals surface area contributed by atoms with E-state index in [0.717, 1.165) is 23.7 Å². The smallest absolute Gasteiger partial charge is 0.180 e. The van der Waals surface area contributed by atoms with Gasteiger partial charge in [0.25, 0.3) is 0 Å². The van der Waals surface area contributed by atoms with E-state index in [1.54, 1.807) is 12.5 Å². The minimum absolute atomic E-state index is 0.198. The molecule has 19 heavy (non-hydrogen) atoms. The highest BCUT2D eigenvalue weighted by Crippen LogP contribution is 2.17. The highest BCUT2D eigenvalue weighted by Gasteiger charge is 2.10. The molecule has 0 aliphatic carbocycles. The molecule has 0 spiro atoms. The van der Waals surface area contributed by atoms with E-state index < -0.39 is 10.8 Å². The average Bonchev–Trinajstić information content (AvgIpc) is 2.84. The summed E-state index contributed by atoms with van der Waals surface area (Å²) in [5, 5.41) is 6.36. The van der Waals surface area contributed by atoms with Gasteiger partial charge < -0.3 is 15.0 Å². The fourth-order valence-electron chi connectivity index (χ4n) is 1.80. The highest BCUT2D eigenvalue weighted by atomic mass is 32.2. The van der Waals surface area contributed by atoms with Gasteiger partial charge in [-0.2, -0.15) is 0 Å². The largest absolute Gasteiger partial charge is 0.372 e. The van der Waals surface area contributed by atoms with E-state index in [0.29, 0.717) is 5.75 Å². The number of fused-ring (bicyclic) bond motifs is 1. The molecule has 0 saturated heterocycles. The van der Waals surface area contributed by atoms with Gasteiger partial charge in [0.05, 0.1) is 6.20 Å². The summed E-state index contributed by atoms with van der Waals surface area (Å²) in [5.74, 6) is 2.20. The normalized spacial score (nSPS) is 14.3. The monoisotopic (exact) mass is 281 g/mol. The van der Waals surface area contributed by atoms with Gasteiger partial charge in [0.2, 0.25) is 0 Å². The van der Waals surface area contributed by atoms with Crippen molar-refractivity contribution in [3.8, 4) is 0 Å². The van der Waals surface area contributed by atoms with E-state index in [1.807, 2.05) is 23.8 Å². The van der Waals surface area contributed by atoms with Crippen LogP contribution in [-0.4, -0.2) is 43.7 Å². The van der Waals surface area contributed by atoms with Gasteiger partial charge in [0.1, 0.15) is 5.82 Å². The number of rotatable bonds is 6. The minimum Gasteiger partial charge on any atom is -0.372 e. The summed E-state index contributed by atoms with van der Waals surface area (Å²) in [6.45, 7) is 2.06. The molecule has 2 unspecified atom stereocenters. The summed E-state index contributed by atoms with van der Waals surface area (Å²) in [6.07, 6.45) is 8.07. The summed E-state index contributed by atoms with van der Waals surface area (Å²) in [7, 11) is 1.07. The van der Waals surface area contributed by atoms with Gasteiger partial charge in [-0.15, -0.1) is 0 Å². The first-order chi connectivity index (χ1) is 9.10. The standard InChI is InChI=1S/C12H19N5OS/c1-9(4-7-19(3)18)15-11-12-14-5-6-17(12)8-10(13-2)16-11/h5-6,8-9,13H,4,7H2,1-3H3,(H,15,16). The van der Waals surface area contributed by atoms with Crippen LogP contribution in [0.1, 0.15) is 13.3 Å². The van der Waals surface area contributed by atoms with Crippen LogP contribution in [0.3, 0.4) is 0 Å². The fourth-order valence-corrected chi connectivity index (χ4v) is 2.48. The van der Waals surface area contributed by atoms with Crippen LogP contribution in [-0.2, 0) is 10.8 Å². The maximum atomic E-state index is 11.1. The molecule has 2 aromatic heterocycles. The molecular formula is C12H19N5OS. The van der Waals surface area contributed by atoms with Crippen molar-refractivity contribution < 1.29 is 4.21 Å². The van der Waals surface area contributed by atoms with Crippen LogP contribution in [0, 0.1) is 0 Å². The van der Waals surface area contributed by atoms with Gasteiger partial charge in [-0.1, -0.05) is 0 Å². The zero-order chi connectivity index (χ0) is 13.8. The van der Waals surface area contributed by atoms with Gasteiger partial charge in [-0.05, 0) is 13.3 Å². The summed E-state index contributed by atoms with van der Waals surface area (Å²) < 4.78 is 13.0. The lowest BCUT2D eigenvalue weighted by molar-refractivity contribution is 0.678. The molecule has 104 valence electrons. The van der Waals surface area contributed by atoms with Crippen LogP contribution < -0.4 is 10.6 Å². The Morgan fingerprint density at radius 3 is 3.00 bits per heavy atom. The maximum absolute atomic E-state index is 11.1. The predicted octanol–water partition coefficient (Wildman–Crippen LogP) is 1.34. The number of aromatic nitrogens is 3. The third-order valence-corrected chi connectivity index (χ3v) is 3.66. The second kappa shape index (κ2) is 6.01. The molecule has 2 aromatic rings. The minimum atomic E-state index is -0.763. The molecule has 0 aliphatic heterocycles. The third kappa shape index (κ3) is 3.44. The molecule has 2 N–H and O–H groups in total. The number of hydrogen-bond acceptors (Lipinski definition) is 5. The zero-order valence-electron chi connectivity index (χ0n) is 11.4. The van der Waals surface area contributed by atoms with Crippen LogP contribution in [0.2, 0.25) is 0 Å². The van der Waals surface area contributed by atoms with E-state index in [9.17, 15) is 4.21 Å². The molecule has 2 atom stereocenters. The molecule has 2 heterocycles. The summed E-state index contributed by atoms with van der Waals surface area (Å²) in [5.41, 5.74) is 0.795. The molecule has 0 aliphatic rings. The van der Waals surface area contributed by atoms with Crippen molar-refractivity contribution in [2.75, 3.05) is 29.7 Å². The Morgan fingerprint density at radius 1 is 1.53 bits per heavy atom. The predicted molar refractivity (Wildman–Crippen MR) is 79.2 cm³/mol. The van der Waals surface area contributed by atoms with Crippen LogP contribution in [0.15, 0.2) is 18.6 Å². The molecule has 0 bridgehead atoms. The first kappa shape index (κ1) is 13.8. The molecule has 0 amide bonds. The van der Waals surface area contributed by atoms with Gasteiger partial charge in [-0.25, -0.2) is 9.97 Å². The van der Waals surface area contributed by atoms with Crippen molar-refractivity contribution >= 4 is 28.1 Å². The lowest BCUT2D eigenvalue weighted by atomic mass is 10.2. The van der Waals surface area contributed by atoms with Crippen molar-refractivity contribution in [1.82, 2.24) is 14.4 Å². The summed E-state index contributed by atoms with van der Waals surface area (Å²) in [4.78, 5) is 8.77. The molecule has 0 aromatic carbocycles. The Labute approximate surface area is 115 Å². The van der Waals surface area contributed by atoms with Crippen LogP contribution in [0.4, 0.5) is 11.6 Å². The molecule has 2 rings (SSSR count). The second-order valence-electron chi connectivity index (χ2n) is 4.49. The number of imidazole rings is 1. The molecular weight excluding hydrogens is 262 g/mol. The molecule has 0 saturated carbocycles. The first-order valence-corrected chi connectivity index (χ1v) is 7.91. The number of anilines is 2. The number of hydrogen-bond donors (Lipinski definition) is 2. The van der Waals surface area contributed by atoms with Gasteiger partial charge in [-0.3, -0.25) is 4.21 Å². The molecule has 6 nitrogen and oxygen atoms in total. The summed E-state index contributed by atoms with van der Waals surface area (Å²) >= 11 is 0. The lowest BCUT2D eigenvalue weighted by Gasteiger charge is -2.15. The SMILES string of the molecule is CNc1cn2ccnc2c(NC(C)CCS(C)=O)n1. The van der Waals surface area contributed by atoms with Gasteiger partial charge >= 0.3 is 0 Å². The Bertz CT molecular complexity index is 583. The Hall–Kier alpha value is -1.63. The van der Waals surface area contributed by atoms with E-state index in [1.165, 1.54) is 0 Å². The fraction of sp³-hybridized carbons (Fsp3) is 0.500. The van der Waals surface area contributed by atoms with Crippen molar-refractivity contribution in [3.05, 3.63) is 18.6 Å². The van der Waals surface area contributed by atoms with Crippen LogP contribution >= 0.6 is 0 Å². The lowest BCUT2D eigenvalue weighted by Crippen LogP contribution is -2.19. The zero-order valence-corrected chi connectivity index (χ0v) is 12.2. The van der Waals surface area contributed by atoms with Crippen LogP contribution in [0.5, 0.6) is 0 Å². The van der Waals surface area contributed by atoms with E-state index in [2.05, 4.69) is 27.5 Å². The molecule has 7 heteroatoms. The Balaban J connectivity index is 2.18. The second-order valence-corrected chi connectivity index (χ2v) is 6.05. The van der Waals surface area contributed by atoms with Crippen molar-refractivity contribution in [3.63, 3.8) is 0 Å². The van der Waals surface area contributed by atoms with Gasteiger partial charge in [0.15, 0.2) is 11.5 Å². The van der Waals surface area contributed by atoms with Crippen molar-refractivity contribution in [1.29, 1.82) is 0 Å².